The lowest BCUT2D eigenvalue weighted by Gasteiger charge is -2.12. The van der Waals surface area contributed by atoms with Crippen LogP contribution in [-0.2, 0) is 11.0 Å². The van der Waals surface area contributed by atoms with E-state index >= 15 is 0 Å². The van der Waals surface area contributed by atoms with Gasteiger partial charge in [-0.15, -0.1) is 0 Å². The molecule has 29 heavy (non-hydrogen) atoms. The van der Waals surface area contributed by atoms with Crippen LogP contribution in [0, 0.1) is 12.8 Å². The molecule has 154 valence electrons. The van der Waals surface area contributed by atoms with Gasteiger partial charge in [-0.2, -0.15) is 13.2 Å². The van der Waals surface area contributed by atoms with E-state index in [-0.39, 0.29) is 36.6 Å². The number of rotatable bonds is 7. The van der Waals surface area contributed by atoms with Crippen molar-refractivity contribution in [2.45, 2.75) is 25.9 Å². The second kappa shape index (κ2) is 8.46. The van der Waals surface area contributed by atoms with Crippen LogP contribution in [0.1, 0.15) is 34.5 Å². The van der Waals surface area contributed by atoms with E-state index in [1.54, 1.807) is 0 Å². The minimum Gasteiger partial charge on any atom is -0.491 e. The van der Waals surface area contributed by atoms with E-state index in [2.05, 4.69) is 20.6 Å². The van der Waals surface area contributed by atoms with Crippen LogP contribution in [0.3, 0.4) is 0 Å². The number of anilines is 1. The molecule has 7 nitrogen and oxygen atoms in total. The molecular weight excluding hydrogens is 389 g/mol. The van der Waals surface area contributed by atoms with Crippen molar-refractivity contribution < 1.29 is 27.5 Å². The Morgan fingerprint density at radius 3 is 2.66 bits per heavy atom. The van der Waals surface area contributed by atoms with Gasteiger partial charge in [-0.25, -0.2) is 9.97 Å². The molecule has 0 bridgehead atoms. The number of carbonyl (C=O) groups excluding carboxylic acids is 2. The number of hydrogen-bond acceptors (Lipinski definition) is 5. The number of hydrogen-bond donors (Lipinski definition) is 2. The first kappa shape index (κ1) is 20.6. The minimum absolute atomic E-state index is 0.0121. The maximum absolute atomic E-state index is 12.7. The average molecular weight is 408 g/mol. The Morgan fingerprint density at radius 2 is 2.00 bits per heavy atom. The lowest BCUT2D eigenvalue weighted by molar-refractivity contribution is -0.137. The van der Waals surface area contributed by atoms with Crippen LogP contribution >= 0.6 is 0 Å². The van der Waals surface area contributed by atoms with Crippen LogP contribution in [0.25, 0.3) is 0 Å². The van der Waals surface area contributed by atoms with Crippen molar-refractivity contribution in [3.05, 3.63) is 47.3 Å². The molecule has 0 aliphatic heterocycles. The maximum Gasteiger partial charge on any atom is 0.416 e. The summed E-state index contributed by atoms with van der Waals surface area (Å²) in [5.41, 5.74) is -0.321. The third-order valence-corrected chi connectivity index (χ3v) is 4.22. The van der Waals surface area contributed by atoms with E-state index in [1.807, 2.05) is 0 Å². The molecule has 0 atom stereocenters. The Balaban J connectivity index is 1.48. The minimum atomic E-state index is -4.41. The molecule has 0 spiro atoms. The highest BCUT2D eigenvalue weighted by molar-refractivity contribution is 5.94. The Hall–Kier alpha value is -3.17. The topological polar surface area (TPSA) is 93.2 Å². The van der Waals surface area contributed by atoms with Gasteiger partial charge < -0.3 is 10.1 Å². The normalized spacial score (nSPS) is 13.7. The maximum atomic E-state index is 12.7. The Kier molecular flexibility index (Phi) is 6.00. The number of aromatic nitrogens is 2. The summed E-state index contributed by atoms with van der Waals surface area (Å²) < 4.78 is 43.5. The van der Waals surface area contributed by atoms with Gasteiger partial charge in [0.2, 0.25) is 11.9 Å². The largest absolute Gasteiger partial charge is 0.491 e. The number of alkyl halides is 3. The number of amides is 2. The molecule has 1 fully saturated rings. The van der Waals surface area contributed by atoms with Crippen molar-refractivity contribution in [3.63, 3.8) is 0 Å². The molecule has 0 saturated heterocycles. The number of nitrogens with zero attached hydrogens (tertiary/aromatic N) is 2. The van der Waals surface area contributed by atoms with Crippen molar-refractivity contribution in [2.24, 2.45) is 5.92 Å². The highest BCUT2D eigenvalue weighted by Gasteiger charge is 2.31. The number of ether oxygens (including phenoxy) is 1. The lowest BCUT2D eigenvalue weighted by atomic mass is 10.1. The van der Waals surface area contributed by atoms with E-state index in [4.69, 9.17) is 4.74 Å². The van der Waals surface area contributed by atoms with E-state index < -0.39 is 17.6 Å². The number of benzene rings is 1. The number of halogens is 3. The molecule has 2 amide bonds. The van der Waals surface area contributed by atoms with Gasteiger partial charge in [0.1, 0.15) is 18.1 Å². The van der Waals surface area contributed by atoms with Crippen molar-refractivity contribution in [2.75, 3.05) is 18.5 Å². The van der Waals surface area contributed by atoms with Crippen LogP contribution in [-0.4, -0.2) is 34.9 Å². The second-order valence-corrected chi connectivity index (χ2v) is 6.61. The van der Waals surface area contributed by atoms with E-state index in [9.17, 15) is 22.8 Å². The summed E-state index contributed by atoms with van der Waals surface area (Å²) in [7, 11) is 0. The molecule has 1 aliphatic carbocycles. The van der Waals surface area contributed by atoms with Gasteiger partial charge in [-0.05, 0) is 49.6 Å². The van der Waals surface area contributed by atoms with Crippen molar-refractivity contribution in [1.29, 1.82) is 0 Å². The molecule has 10 heteroatoms. The van der Waals surface area contributed by atoms with Crippen LogP contribution in [0.5, 0.6) is 5.75 Å². The van der Waals surface area contributed by atoms with Crippen LogP contribution in [0.4, 0.5) is 19.1 Å². The molecule has 1 aromatic carbocycles. The van der Waals surface area contributed by atoms with Gasteiger partial charge in [0.25, 0.3) is 5.91 Å². The van der Waals surface area contributed by atoms with Gasteiger partial charge in [-0.1, -0.05) is 0 Å². The highest BCUT2D eigenvalue weighted by Crippen LogP contribution is 2.32. The summed E-state index contributed by atoms with van der Waals surface area (Å²) in [6.07, 6.45) is -1.37. The van der Waals surface area contributed by atoms with Crippen LogP contribution < -0.4 is 15.4 Å². The number of aryl methyl sites for hydroxylation is 1. The van der Waals surface area contributed by atoms with Gasteiger partial charge in [0, 0.05) is 12.1 Å². The fourth-order valence-electron chi connectivity index (χ4n) is 2.51. The number of carbonyl (C=O) groups is 2. The summed E-state index contributed by atoms with van der Waals surface area (Å²) >= 11 is 0. The smallest absolute Gasteiger partial charge is 0.416 e. The molecule has 0 radical (unpaired) electrons. The van der Waals surface area contributed by atoms with Gasteiger partial charge in [0.15, 0.2) is 0 Å². The third-order valence-electron chi connectivity index (χ3n) is 4.22. The summed E-state index contributed by atoms with van der Waals surface area (Å²) in [6.45, 7) is 1.70. The predicted molar refractivity (Wildman–Crippen MR) is 97.4 cm³/mol. The first-order valence-electron chi connectivity index (χ1n) is 8.97. The first-order valence-corrected chi connectivity index (χ1v) is 8.97. The average Bonchev–Trinajstić information content (AvgIpc) is 3.51. The molecule has 2 N–H and O–H groups in total. The van der Waals surface area contributed by atoms with Crippen molar-refractivity contribution in [1.82, 2.24) is 15.3 Å². The van der Waals surface area contributed by atoms with E-state index in [0.29, 0.717) is 11.3 Å². The fraction of sp³-hybridized carbons (Fsp3) is 0.368. The van der Waals surface area contributed by atoms with E-state index in [1.165, 1.54) is 25.3 Å². The quantitative estimate of drug-likeness (QED) is 0.687. The lowest BCUT2D eigenvalue weighted by Crippen LogP contribution is -2.29. The molecule has 1 heterocycles. The molecule has 0 unspecified atom stereocenters. The third kappa shape index (κ3) is 5.66. The predicted octanol–water partition coefficient (Wildman–Crippen LogP) is 2.96. The summed E-state index contributed by atoms with van der Waals surface area (Å²) in [5, 5.41) is 5.16. The highest BCUT2D eigenvalue weighted by atomic mass is 19.4. The summed E-state index contributed by atoms with van der Waals surface area (Å²) in [5.74, 6) is -0.294. The van der Waals surface area contributed by atoms with Crippen LogP contribution in [0.15, 0.2) is 30.5 Å². The Bertz CT molecular complexity index is 914. The molecule has 1 aliphatic rings. The molecule has 1 aromatic heterocycles. The molecule has 1 saturated carbocycles. The molecule has 3 rings (SSSR count). The second-order valence-electron chi connectivity index (χ2n) is 6.61. The summed E-state index contributed by atoms with van der Waals surface area (Å²) in [6, 6.07) is 4.60. The van der Waals surface area contributed by atoms with E-state index in [0.717, 1.165) is 25.0 Å². The van der Waals surface area contributed by atoms with Crippen molar-refractivity contribution >= 4 is 17.8 Å². The van der Waals surface area contributed by atoms with Gasteiger partial charge >= 0.3 is 6.18 Å². The SMILES string of the molecule is Cc1cc(C(F)(F)F)ccc1OCCNC(=O)c1ccnc(NC(=O)C2CC2)n1. The molecule has 2 aromatic rings. The fourth-order valence-corrected chi connectivity index (χ4v) is 2.51. The van der Waals surface area contributed by atoms with Crippen molar-refractivity contribution in [3.8, 4) is 5.75 Å². The standard InChI is InChI=1S/C19H19F3N4O3/c1-11-10-13(19(20,21)22)4-5-15(11)29-9-8-23-17(28)14-6-7-24-18(25-14)26-16(27)12-2-3-12/h4-7,10,12H,2-3,8-9H2,1H3,(H,23,28)(H,24,25,26,27). The zero-order valence-corrected chi connectivity index (χ0v) is 15.5. The van der Waals surface area contributed by atoms with Crippen LogP contribution in [0.2, 0.25) is 0 Å². The Morgan fingerprint density at radius 1 is 1.24 bits per heavy atom. The molecular formula is C19H19F3N4O3. The zero-order chi connectivity index (χ0) is 21.0. The monoisotopic (exact) mass is 408 g/mol. The summed E-state index contributed by atoms with van der Waals surface area (Å²) in [4.78, 5) is 31.8. The van der Waals surface area contributed by atoms with Gasteiger partial charge in [-0.3, -0.25) is 14.9 Å². The van der Waals surface area contributed by atoms with Gasteiger partial charge in [0.05, 0.1) is 12.1 Å². The number of nitrogens with one attached hydrogen (secondary N) is 2. The Labute approximate surface area is 164 Å². The first-order chi connectivity index (χ1) is 13.7. The zero-order valence-electron chi connectivity index (χ0n) is 15.5.